The Kier molecular flexibility index (Phi) is 6.70. The van der Waals surface area contributed by atoms with E-state index in [4.69, 9.17) is 10.5 Å². The van der Waals surface area contributed by atoms with E-state index in [-0.39, 0.29) is 38.7 Å². The zero-order valence-electron chi connectivity index (χ0n) is 14.7. The molecule has 0 amide bonds. The van der Waals surface area contributed by atoms with Crippen LogP contribution >= 0.6 is 0 Å². The molecule has 6 N–H and O–H groups in total. The number of esters is 1. The van der Waals surface area contributed by atoms with Crippen molar-refractivity contribution >= 4 is 12.0 Å². The minimum atomic E-state index is -0.525. The summed E-state index contributed by atoms with van der Waals surface area (Å²) < 4.78 is 5.08. The number of rotatable bonds is 8. The van der Waals surface area contributed by atoms with Gasteiger partial charge in [-0.15, -0.1) is 0 Å². The third kappa shape index (κ3) is 3.42. The Hall–Kier alpha value is -2.45. The molecule has 2 rings (SSSR count). The van der Waals surface area contributed by atoms with Crippen molar-refractivity contribution in [3.63, 3.8) is 0 Å². The van der Waals surface area contributed by atoms with Crippen molar-refractivity contribution in [1.29, 1.82) is 0 Å². The van der Waals surface area contributed by atoms with E-state index in [1.54, 1.807) is 19.1 Å². The van der Waals surface area contributed by atoms with E-state index < -0.39 is 5.97 Å². The topological polar surface area (TPSA) is 129 Å². The second-order valence-electron chi connectivity index (χ2n) is 5.60. The summed E-state index contributed by atoms with van der Waals surface area (Å²) in [4.78, 5) is 15.2. The summed E-state index contributed by atoms with van der Waals surface area (Å²) in [5, 5.41) is 29.1. The minimum Gasteiger partial charge on any atom is -0.461 e. The van der Waals surface area contributed by atoms with Gasteiger partial charge in [0.25, 0.3) is 0 Å². The Labute approximate surface area is 151 Å². The molecule has 1 aromatic carbocycles. The average molecular weight is 360 g/mol. The van der Waals surface area contributed by atoms with Gasteiger partial charge in [-0.05, 0) is 29.2 Å². The van der Waals surface area contributed by atoms with Gasteiger partial charge in [-0.25, -0.2) is 4.79 Å². The molecule has 0 radical (unpaired) electrons. The number of benzene rings is 1. The first-order chi connectivity index (χ1) is 12.6. The summed E-state index contributed by atoms with van der Waals surface area (Å²) in [6, 6.07) is 3.39. The first-order valence-electron chi connectivity index (χ1n) is 8.28. The van der Waals surface area contributed by atoms with Crippen LogP contribution < -0.4 is 5.73 Å². The van der Waals surface area contributed by atoms with Gasteiger partial charge in [0.1, 0.15) is 5.69 Å². The maximum atomic E-state index is 12.3. The number of ether oxygens (including phenoxy) is 1. The molecule has 0 aliphatic carbocycles. The van der Waals surface area contributed by atoms with Crippen molar-refractivity contribution in [3.05, 3.63) is 52.4 Å². The summed E-state index contributed by atoms with van der Waals surface area (Å²) >= 11 is 0. The lowest BCUT2D eigenvalue weighted by Crippen LogP contribution is -2.07. The zero-order valence-corrected chi connectivity index (χ0v) is 14.7. The smallest absolute Gasteiger partial charge is 0.355 e. The quantitative estimate of drug-likeness (QED) is 0.453. The molecule has 7 heteroatoms. The van der Waals surface area contributed by atoms with Gasteiger partial charge in [-0.3, -0.25) is 0 Å². The number of H-pyrrole nitrogens is 1. The third-order valence-electron chi connectivity index (χ3n) is 4.29. The number of hydrogen-bond donors (Lipinski definition) is 5. The van der Waals surface area contributed by atoms with E-state index in [0.717, 1.165) is 0 Å². The molecule has 0 spiro atoms. The first kappa shape index (κ1) is 19.9. The fourth-order valence-electron chi connectivity index (χ4n) is 3.10. The molecule has 0 aliphatic rings. The lowest BCUT2D eigenvalue weighted by molar-refractivity contribution is 0.0520. The van der Waals surface area contributed by atoms with Crippen molar-refractivity contribution in [3.8, 4) is 11.1 Å². The first-order valence-corrected chi connectivity index (χ1v) is 8.28. The molecule has 0 saturated heterocycles. The normalized spacial score (nSPS) is 10.8. The van der Waals surface area contributed by atoms with E-state index in [1.807, 2.05) is 0 Å². The molecule has 0 aliphatic heterocycles. The van der Waals surface area contributed by atoms with Crippen LogP contribution in [0, 0.1) is 0 Å². The fraction of sp³-hybridized carbons (Fsp3) is 0.316. The van der Waals surface area contributed by atoms with Gasteiger partial charge in [-0.1, -0.05) is 24.8 Å². The van der Waals surface area contributed by atoms with Gasteiger partial charge >= 0.3 is 5.97 Å². The molecule has 0 bridgehead atoms. The minimum absolute atomic E-state index is 0.122. The Morgan fingerprint density at radius 2 is 1.92 bits per heavy atom. The van der Waals surface area contributed by atoms with Crippen LogP contribution in [0.5, 0.6) is 0 Å². The number of nitrogens with one attached hydrogen (secondary N) is 1. The highest BCUT2D eigenvalue weighted by Gasteiger charge is 2.24. The number of nitrogens with two attached hydrogens (primary N) is 1. The predicted octanol–water partition coefficient (Wildman–Crippen LogP) is 1.44. The Bertz CT molecular complexity index is 811. The average Bonchev–Trinajstić information content (AvgIpc) is 3.05. The molecular weight excluding hydrogens is 336 g/mol. The monoisotopic (exact) mass is 360 g/mol. The molecule has 0 unspecified atom stereocenters. The van der Waals surface area contributed by atoms with Crippen molar-refractivity contribution in [2.75, 3.05) is 6.61 Å². The summed E-state index contributed by atoms with van der Waals surface area (Å²) in [6.45, 7) is 4.89. The number of aliphatic hydroxyl groups is 3. The lowest BCUT2D eigenvalue weighted by atomic mass is 9.90. The molecule has 7 nitrogen and oxygen atoms in total. The highest BCUT2D eigenvalue weighted by molar-refractivity contribution is 5.97. The van der Waals surface area contributed by atoms with Gasteiger partial charge in [0.05, 0.1) is 26.4 Å². The van der Waals surface area contributed by atoms with Gasteiger partial charge < -0.3 is 30.8 Å². The second kappa shape index (κ2) is 8.77. The Morgan fingerprint density at radius 1 is 1.23 bits per heavy atom. The largest absolute Gasteiger partial charge is 0.461 e. The SMILES string of the molecule is C=Cc1c(C(=O)OCC)[nH]c(CN)c1-c1ccc(CO)c(CO)c1CO. The standard InChI is InChI=1S/C19H24N2O5/c1-3-12-17(16(7-20)21-18(12)19(25)26-4-2)13-6-5-11(8-22)14(9-23)15(13)10-24/h3,5-6,21-24H,1,4,7-10,20H2,2H3. The Balaban J connectivity index is 2.79. The fourth-order valence-corrected chi connectivity index (χ4v) is 3.10. The third-order valence-corrected chi connectivity index (χ3v) is 4.29. The van der Waals surface area contributed by atoms with Crippen molar-refractivity contribution in [2.45, 2.75) is 33.3 Å². The van der Waals surface area contributed by atoms with Gasteiger partial charge in [-0.2, -0.15) is 0 Å². The number of hydrogen-bond acceptors (Lipinski definition) is 6. The number of aromatic amines is 1. The predicted molar refractivity (Wildman–Crippen MR) is 97.9 cm³/mol. The highest BCUT2D eigenvalue weighted by atomic mass is 16.5. The van der Waals surface area contributed by atoms with Crippen LogP contribution in [0.4, 0.5) is 0 Å². The number of carbonyl (C=O) groups is 1. The number of aromatic nitrogens is 1. The van der Waals surface area contributed by atoms with Crippen molar-refractivity contribution in [2.24, 2.45) is 5.73 Å². The number of carbonyl (C=O) groups excluding carboxylic acids is 1. The summed E-state index contributed by atoms with van der Waals surface area (Å²) in [6.07, 6.45) is 1.52. The van der Waals surface area contributed by atoms with Crippen molar-refractivity contribution < 1.29 is 24.9 Å². The van der Waals surface area contributed by atoms with Crippen LogP contribution in [-0.2, 0) is 31.1 Å². The van der Waals surface area contributed by atoms with Gasteiger partial charge in [0.15, 0.2) is 0 Å². The van der Waals surface area contributed by atoms with E-state index in [1.165, 1.54) is 6.08 Å². The summed E-state index contributed by atoms with van der Waals surface area (Å²) in [7, 11) is 0. The molecule has 0 fully saturated rings. The molecule has 26 heavy (non-hydrogen) atoms. The van der Waals surface area contributed by atoms with E-state index in [0.29, 0.717) is 39.1 Å². The molecule has 0 saturated carbocycles. The molecule has 1 heterocycles. The van der Waals surface area contributed by atoms with Crippen LogP contribution in [0.3, 0.4) is 0 Å². The maximum absolute atomic E-state index is 12.3. The van der Waals surface area contributed by atoms with Crippen LogP contribution in [0.15, 0.2) is 18.7 Å². The molecule has 140 valence electrons. The van der Waals surface area contributed by atoms with Gasteiger partial charge in [0, 0.05) is 23.4 Å². The van der Waals surface area contributed by atoms with Crippen LogP contribution in [0.2, 0.25) is 0 Å². The van der Waals surface area contributed by atoms with Crippen LogP contribution in [0.25, 0.3) is 17.2 Å². The number of aliphatic hydroxyl groups excluding tert-OH is 3. The highest BCUT2D eigenvalue weighted by Crippen LogP contribution is 2.36. The maximum Gasteiger partial charge on any atom is 0.355 e. The summed E-state index contributed by atoms with van der Waals surface area (Å²) in [5.74, 6) is -0.525. The second-order valence-corrected chi connectivity index (χ2v) is 5.60. The molecule has 1 aromatic heterocycles. The zero-order chi connectivity index (χ0) is 19.3. The van der Waals surface area contributed by atoms with Gasteiger partial charge in [0.2, 0.25) is 0 Å². The molecule has 2 aromatic rings. The Morgan fingerprint density at radius 3 is 2.42 bits per heavy atom. The van der Waals surface area contributed by atoms with E-state index in [2.05, 4.69) is 11.6 Å². The lowest BCUT2D eigenvalue weighted by Gasteiger charge is -2.16. The van der Waals surface area contributed by atoms with Crippen LogP contribution in [0.1, 0.15) is 45.4 Å². The summed E-state index contributed by atoms with van der Waals surface area (Å²) in [5.41, 5.74) is 9.84. The van der Waals surface area contributed by atoms with Crippen molar-refractivity contribution in [1.82, 2.24) is 4.98 Å². The molecule has 0 atom stereocenters. The van der Waals surface area contributed by atoms with E-state index >= 15 is 0 Å². The van der Waals surface area contributed by atoms with E-state index in [9.17, 15) is 20.1 Å². The van der Waals surface area contributed by atoms with Crippen LogP contribution in [-0.4, -0.2) is 32.9 Å². The molecular formula is C19H24N2O5.